The first-order chi connectivity index (χ1) is 17.5. The number of hydrogen-bond acceptors (Lipinski definition) is 3. The Hall–Kier alpha value is -2.33. The third-order valence-corrected chi connectivity index (χ3v) is 6.80. The zero-order valence-electron chi connectivity index (χ0n) is 23.2. The van der Waals surface area contributed by atoms with Gasteiger partial charge in [0, 0.05) is 12.0 Å². The molecule has 0 saturated heterocycles. The number of quaternary nitrogens is 1. The van der Waals surface area contributed by atoms with E-state index in [4.69, 9.17) is 9.47 Å². The first-order valence-corrected chi connectivity index (χ1v) is 14.2. The highest BCUT2D eigenvalue weighted by Gasteiger charge is 2.16. The van der Waals surface area contributed by atoms with E-state index in [1.807, 2.05) is 18.2 Å². The molecule has 0 N–H and O–H groups in total. The highest BCUT2D eigenvalue weighted by molar-refractivity contribution is 5.69. The number of esters is 1. The van der Waals surface area contributed by atoms with Gasteiger partial charge in [0.05, 0.1) is 27.1 Å². The van der Waals surface area contributed by atoms with E-state index >= 15 is 0 Å². The van der Waals surface area contributed by atoms with Crippen molar-refractivity contribution in [1.29, 1.82) is 0 Å². The molecule has 0 spiro atoms. The number of rotatable bonds is 20. The van der Waals surface area contributed by atoms with Crippen LogP contribution in [0, 0.1) is 0 Å². The lowest BCUT2D eigenvalue weighted by Gasteiger charge is -2.29. The number of hydrogen-bond donors (Lipinski definition) is 0. The number of unbranched alkanes of at least 4 members (excludes halogenated alkanes) is 9. The number of benzene rings is 2. The molecule has 0 saturated carbocycles. The number of aryl methyl sites for hydroxylation is 1. The molecule has 0 bridgehead atoms. The van der Waals surface area contributed by atoms with Gasteiger partial charge in [0.25, 0.3) is 0 Å². The molecular weight excluding hydrogens is 446 g/mol. The zero-order valence-corrected chi connectivity index (χ0v) is 23.2. The normalized spacial score (nSPS) is 11.4. The van der Waals surface area contributed by atoms with Crippen molar-refractivity contribution in [3.05, 3.63) is 65.7 Å². The number of nitrogens with zero attached hydrogens (tertiary/aromatic N) is 1. The van der Waals surface area contributed by atoms with Crippen molar-refractivity contribution in [3.8, 4) is 5.75 Å². The quantitative estimate of drug-likeness (QED) is 0.0804. The Morgan fingerprint density at radius 1 is 0.750 bits per heavy atom. The van der Waals surface area contributed by atoms with Crippen LogP contribution in [0.4, 0.5) is 0 Å². The topological polar surface area (TPSA) is 35.5 Å². The van der Waals surface area contributed by atoms with Gasteiger partial charge in [-0.2, -0.15) is 0 Å². The maximum Gasteiger partial charge on any atom is 0.308 e. The van der Waals surface area contributed by atoms with Crippen molar-refractivity contribution in [3.63, 3.8) is 0 Å². The van der Waals surface area contributed by atoms with Crippen LogP contribution in [-0.2, 0) is 22.5 Å². The molecule has 0 aliphatic heterocycles. The summed E-state index contributed by atoms with van der Waals surface area (Å²) in [4.78, 5) is 12.2. The first kappa shape index (κ1) is 29.9. The Morgan fingerprint density at radius 2 is 1.36 bits per heavy atom. The van der Waals surface area contributed by atoms with Gasteiger partial charge in [0.15, 0.2) is 0 Å². The lowest BCUT2D eigenvalue weighted by atomic mass is 10.0. The summed E-state index contributed by atoms with van der Waals surface area (Å²) in [5, 5.41) is 0. The zero-order chi connectivity index (χ0) is 25.9. The Labute approximate surface area is 220 Å². The monoisotopic (exact) mass is 496 g/mol. The predicted octanol–water partition coefficient (Wildman–Crippen LogP) is 8.09. The lowest BCUT2D eigenvalue weighted by Crippen LogP contribution is -2.39. The molecule has 0 heterocycles. The first-order valence-electron chi connectivity index (χ1n) is 14.2. The second kappa shape index (κ2) is 18.0. The fourth-order valence-corrected chi connectivity index (χ4v) is 4.69. The molecule has 2 rings (SSSR count). The van der Waals surface area contributed by atoms with Gasteiger partial charge in [-0.3, -0.25) is 4.79 Å². The summed E-state index contributed by atoms with van der Waals surface area (Å²) in [6.07, 6.45) is 15.6. The number of para-hydroxylation sites is 1. The van der Waals surface area contributed by atoms with E-state index in [1.54, 1.807) is 0 Å². The third-order valence-electron chi connectivity index (χ3n) is 6.80. The van der Waals surface area contributed by atoms with Crippen LogP contribution >= 0.6 is 0 Å². The molecule has 2 aromatic rings. The average Bonchev–Trinajstić information content (AvgIpc) is 2.86. The molecule has 0 amide bonds. The van der Waals surface area contributed by atoms with E-state index in [0.29, 0.717) is 6.42 Å². The molecular formula is C32H50NO3+. The second-order valence-corrected chi connectivity index (χ2v) is 10.7. The van der Waals surface area contributed by atoms with E-state index in [2.05, 4.69) is 57.4 Å². The summed E-state index contributed by atoms with van der Waals surface area (Å²) < 4.78 is 12.0. The number of ether oxygens (including phenoxy) is 2. The van der Waals surface area contributed by atoms with E-state index in [9.17, 15) is 4.79 Å². The lowest BCUT2D eigenvalue weighted by molar-refractivity contribution is -0.903. The minimum absolute atomic E-state index is 0.0177. The van der Waals surface area contributed by atoms with Crippen LogP contribution in [0.1, 0.15) is 95.1 Å². The molecule has 0 radical (unpaired) electrons. The van der Waals surface area contributed by atoms with Gasteiger partial charge in [-0.25, -0.2) is 0 Å². The Balaban J connectivity index is 1.57. The van der Waals surface area contributed by atoms with Crippen LogP contribution in [0.15, 0.2) is 54.6 Å². The highest BCUT2D eigenvalue weighted by atomic mass is 16.7. The van der Waals surface area contributed by atoms with Gasteiger partial charge in [0.2, 0.25) is 6.79 Å². The van der Waals surface area contributed by atoms with Crippen molar-refractivity contribution in [2.75, 3.05) is 27.4 Å². The Morgan fingerprint density at radius 3 is 2.06 bits per heavy atom. The van der Waals surface area contributed by atoms with Crippen LogP contribution in [0.2, 0.25) is 0 Å². The Bertz CT molecular complexity index is 834. The molecule has 0 aliphatic rings. The molecule has 0 fully saturated rings. The van der Waals surface area contributed by atoms with E-state index in [-0.39, 0.29) is 12.8 Å². The fraction of sp³-hybridized carbons (Fsp3) is 0.594. The number of carbonyl (C=O) groups is 1. The molecule has 0 unspecified atom stereocenters. The molecule has 200 valence electrons. The van der Waals surface area contributed by atoms with Gasteiger partial charge < -0.3 is 14.0 Å². The molecule has 4 nitrogen and oxygen atoms in total. The van der Waals surface area contributed by atoms with Gasteiger partial charge in [-0.15, -0.1) is 0 Å². The summed E-state index contributed by atoms with van der Waals surface area (Å²) in [6, 6.07) is 18.6. The largest absolute Gasteiger partial charge is 0.457 e. The maximum atomic E-state index is 12.2. The second-order valence-electron chi connectivity index (χ2n) is 10.7. The van der Waals surface area contributed by atoms with Crippen LogP contribution in [0.5, 0.6) is 5.75 Å². The molecule has 0 aromatic heterocycles. The minimum atomic E-state index is -0.193. The predicted molar refractivity (Wildman–Crippen MR) is 150 cm³/mol. The van der Waals surface area contributed by atoms with Crippen molar-refractivity contribution in [1.82, 2.24) is 0 Å². The molecule has 0 aliphatic carbocycles. The van der Waals surface area contributed by atoms with Gasteiger partial charge in [0.1, 0.15) is 12.3 Å². The SMILES string of the molecule is CCCCCCCCCCCCc1ccccc1OCOC(=O)CCC[N+](C)(C)Cc1ccccc1. The van der Waals surface area contributed by atoms with Gasteiger partial charge in [-0.05, 0) is 24.5 Å². The molecule has 4 heteroatoms. The van der Waals surface area contributed by atoms with Crippen LogP contribution in [0.25, 0.3) is 0 Å². The van der Waals surface area contributed by atoms with Crippen molar-refractivity contribution >= 4 is 5.97 Å². The minimum Gasteiger partial charge on any atom is -0.457 e. The number of carbonyl (C=O) groups excluding carboxylic acids is 1. The van der Waals surface area contributed by atoms with Crippen molar-refractivity contribution < 1.29 is 18.8 Å². The summed E-state index contributed by atoms with van der Waals surface area (Å²) in [7, 11) is 4.40. The van der Waals surface area contributed by atoms with E-state index in [1.165, 1.54) is 75.3 Å². The summed E-state index contributed by atoms with van der Waals surface area (Å²) in [5.41, 5.74) is 2.52. The Kier molecular flexibility index (Phi) is 14.9. The van der Waals surface area contributed by atoms with Crippen LogP contribution in [-0.4, -0.2) is 37.9 Å². The van der Waals surface area contributed by atoms with E-state index < -0.39 is 0 Å². The third kappa shape index (κ3) is 13.7. The van der Waals surface area contributed by atoms with Crippen LogP contribution in [0.3, 0.4) is 0 Å². The van der Waals surface area contributed by atoms with E-state index in [0.717, 1.165) is 36.2 Å². The van der Waals surface area contributed by atoms with Crippen molar-refractivity contribution in [2.24, 2.45) is 0 Å². The van der Waals surface area contributed by atoms with Crippen molar-refractivity contribution in [2.45, 2.75) is 96.9 Å². The van der Waals surface area contributed by atoms with Gasteiger partial charge in [-0.1, -0.05) is 113 Å². The standard InChI is InChI=1S/C32H50NO3/c1-4-5-6-7-8-9-10-11-12-16-22-30-23-17-18-24-31(30)35-28-36-32(34)25-19-26-33(2,3)27-29-20-14-13-15-21-29/h13-15,17-18,20-21,23-24H,4-12,16,19,22,25-28H2,1-3H3/q+1. The van der Waals surface area contributed by atoms with Crippen LogP contribution < -0.4 is 4.74 Å². The highest BCUT2D eigenvalue weighted by Crippen LogP contribution is 2.21. The summed E-state index contributed by atoms with van der Waals surface area (Å²) in [5.74, 6) is 0.642. The summed E-state index contributed by atoms with van der Waals surface area (Å²) >= 11 is 0. The molecule has 2 aromatic carbocycles. The maximum absolute atomic E-state index is 12.2. The van der Waals surface area contributed by atoms with Gasteiger partial charge >= 0.3 is 5.97 Å². The fourth-order valence-electron chi connectivity index (χ4n) is 4.69. The molecule has 36 heavy (non-hydrogen) atoms. The smallest absolute Gasteiger partial charge is 0.308 e. The summed E-state index contributed by atoms with van der Waals surface area (Å²) in [6.45, 7) is 4.13. The average molecular weight is 497 g/mol. The molecule has 0 atom stereocenters.